The summed E-state index contributed by atoms with van der Waals surface area (Å²) in [5.74, 6) is -0.279. The third-order valence-corrected chi connectivity index (χ3v) is 12.4. The van der Waals surface area contributed by atoms with Crippen LogP contribution in [-0.4, -0.2) is 40.0 Å². The van der Waals surface area contributed by atoms with Crippen molar-refractivity contribution >= 4 is 19.5 Å². The van der Waals surface area contributed by atoms with E-state index in [1.807, 2.05) is 48.5 Å². The highest BCUT2D eigenvalue weighted by atomic mass is 31.1. The topological polar surface area (TPSA) is 59.9 Å². The molecule has 0 saturated heterocycles. The molecule has 0 fully saturated rings. The first-order chi connectivity index (χ1) is 26.6. The van der Waals surface area contributed by atoms with Crippen LogP contribution in [-0.2, 0) is 0 Å². The van der Waals surface area contributed by atoms with Crippen LogP contribution in [0.5, 0.6) is 0 Å². The van der Waals surface area contributed by atoms with Gasteiger partial charge in [0.2, 0.25) is 0 Å². The van der Waals surface area contributed by atoms with Crippen molar-refractivity contribution in [1.29, 1.82) is 0 Å². The van der Waals surface area contributed by atoms with Crippen molar-refractivity contribution in [3.05, 3.63) is 121 Å². The van der Waals surface area contributed by atoms with Gasteiger partial charge in [-0.15, -0.1) is 7.92 Å². The standard InChI is InChI=1S/C24H51P.C15H12O2.C10H8N2/c1-4-7-10-13-16-19-22-25(23-20-17-14-11-8-5-2)24-21-18-15-12-9-6-3;16-14(12-7-3-1-4-8-12)11-15(17)13-9-5-2-6-10-13;1-3-7-11-9(5-1)10-6-2-4-8-12-10/h4-24H2,1-3H3;1-10H,11H2;1-8H. The van der Waals surface area contributed by atoms with Crippen molar-refractivity contribution in [2.75, 3.05) is 18.5 Å². The van der Waals surface area contributed by atoms with Crippen LogP contribution in [0, 0.1) is 0 Å². The SMILES string of the molecule is CCCCCCCCP(CCCCCCCC)CCCCCCCC.O=C(CC(=O)c1ccccc1)c1ccccc1.c1ccc(-c2ccccn2)nc1. The lowest BCUT2D eigenvalue weighted by atomic mass is 10.0. The van der Waals surface area contributed by atoms with Gasteiger partial charge in [0.05, 0.1) is 17.8 Å². The number of hydrogen-bond donors (Lipinski definition) is 0. The summed E-state index contributed by atoms with van der Waals surface area (Å²) in [6.07, 6.45) is 34.7. The minimum atomic E-state index is -0.139. The molecule has 0 atom stereocenters. The number of nitrogens with zero attached hydrogens (tertiary/aromatic N) is 2. The highest BCUT2D eigenvalue weighted by Gasteiger charge is 2.13. The molecule has 294 valence electrons. The molecule has 5 heteroatoms. The van der Waals surface area contributed by atoms with Gasteiger partial charge in [0, 0.05) is 23.5 Å². The zero-order chi connectivity index (χ0) is 38.7. The molecule has 2 aromatic heterocycles. The number of pyridine rings is 2. The Morgan fingerprint density at radius 2 is 0.722 bits per heavy atom. The number of rotatable bonds is 26. The molecule has 0 radical (unpaired) electrons. The molecule has 0 bridgehead atoms. The van der Waals surface area contributed by atoms with Crippen molar-refractivity contribution in [3.8, 4) is 11.4 Å². The van der Waals surface area contributed by atoms with Crippen molar-refractivity contribution in [2.24, 2.45) is 0 Å². The minimum Gasteiger partial charge on any atom is -0.294 e. The van der Waals surface area contributed by atoms with Gasteiger partial charge in [-0.2, -0.15) is 0 Å². The number of unbranched alkanes of at least 4 members (excludes halogenated alkanes) is 15. The highest BCUT2D eigenvalue weighted by Crippen LogP contribution is 2.39. The zero-order valence-corrected chi connectivity index (χ0v) is 35.0. The second-order valence-corrected chi connectivity index (χ2v) is 17.0. The maximum Gasteiger partial charge on any atom is 0.170 e. The van der Waals surface area contributed by atoms with Crippen LogP contribution in [0.2, 0.25) is 0 Å². The highest BCUT2D eigenvalue weighted by molar-refractivity contribution is 7.57. The number of carbonyl (C=O) groups excluding carboxylic acids is 2. The first kappa shape index (κ1) is 46.7. The molecule has 4 aromatic rings. The van der Waals surface area contributed by atoms with Gasteiger partial charge in [0.25, 0.3) is 0 Å². The first-order valence-corrected chi connectivity index (χ1v) is 23.2. The molecule has 2 aromatic carbocycles. The Hall–Kier alpha value is -3.49. The predicted molar refractivity (Wildman–Crippen MR) is 235 cm³/mol. The molecule has 4 nitrogen and oxygen atoms in total. The summed E-state index contributed by atoms with van der Waals surface area (Å²) in [4.78, 5) is 32.0. The largest absolute Gasteiger partial charge is 0.294 e. The Balaban J connectivity index is 0.000000298. The smallest absolute Gasteiger partial charge is 0.170 e. The van der Waals surface area contributed by atoms with E-state index >= 15 is 0 Å². The van der Waals surface area contributed by atoms with Gasteiger partial charge in [-0.3, -0.25) is 19.6 Å². The van der Waals surface area contributed by atoms with Crippen LogP contribution in [0.4, 0.5) is 0 Å². The summed E-state index contributed by atoms with van der Waals surface area (Å²) >= 11 is 0. The van der Waals surface area contributed by atoms with Gasteiger partial charge in [-0.1, -0.05) is 190 Å². The molecular weight excluding hydrogens is 680 g/mol. The second kappa shape index (κ2) is 32.9. The monoisotopic (exact) mass is 751 g/mol. The lowest BCUT2D eigenvalue weighted by Gasteiger charge is -2.18. The van der Waals surface area contributed by atoms with E-state index in [1.54, 1.807) is 79.4 Å². The number of aromatic nitrogens is 2. The van der Waals surface area contributed by atoms with Crippen LogP contribution >= 0.6 is 7.92 Å². The molecule has 0 spiro atoms. The molecule has 0 amide bonds. The van der Waals surface area contributed by atoms with E-state index in [0.717, 1.165) is 11.4 Å². The Kier molecular flexibility index (Phi) is 28.4. The predicted octanol–water partition coefficient (Wildman–Crippen LogP) is 14.8. The quantitative estimate of drug-likeness (QED) is 0.0277. The summed E-state index contributed by atoms with van der Waals surface area (Å²) in [5, 5.41) is 0. The Morgan fingerprint density at radius 1 is 0.407 bits per heavy atom. The van der Waals surface area contributed by atoms with Crippen LogP contribution in [0.25, 0.3) is 11.4 Å². The van der Waals surface area contributed by atoms with Crippen molar-refractivity contribution in [1.82, 2.24) is 9.97 Å². The van der Waals surface area contributed by atoms with Crippen molar-refractivity contribution < 1.29 is 9.59 Å². The van der Waals surface area contributed by atoms with E-state index in [4.69, 9.17) is 0 Å². The minimum absolute atomic E-state index is 0.0754. The van der Waals surface area contributed by atoms with Gasteiger partial charge in [0.1, 0.15) is 0 Å². The van der Waals surface area contributed by atoms with Crippen LogP contribution in [0.1, 0.15) is 163 Å². The van der Waals surface area contributed by atoms with E-state index in [1.165, 1.54) is 116 Å². The van der Waals surface area contributed by atoms with Gasteiger partial charge in [0.15, 0.2) is 11.6 Å². The van der Waals surface area contributed by atoms with E-state index in [2.05, 4.69) is 30.7 Å². The molecule has 0 unspecified atom stereocenters. The van der Waals surface area contributed by atoms with Crippen molar-refractivity contribution in [2.45, 2.75) is 143 Å². The molecular formula is C49H71N2O2P. The number of Topliss-reactive ketones (excluding diaryl/α,β-unsaturated/α-hetero) is 2. The summed E-state index contributed by atoms with van der Waals surface area (Å²) < 4.78 is 0. The summed E-state index contributed by atoms with van der Waals surface area (Å²) in [5.41, 5.74) is 2.99. The molecule has 0 aliphatic heterocycles. The Morgan fingerprint density at radius 3 is 1.04 bits per heavy atom. The Bertz CT molecular complexity index is 1310. The third kappa shape index (κ3) is 23.3. The number of ketones is 2. The lowest BCUT2D eigenvalue weighted by molar-refractivity contribution is 0.0894. The average molecular weight is 751 g/mol. The number of hydrogen-bond acceptors (Lipinski definition) is 4. The van der Waals surface area contributed by atoms with E-state index in [9.17, 15) is 9.59 Å². The second-order valence-electron chi connectivity index (χ2n) is 14.3. The molecule has 0 N–H and O–H groups in total. The molecule has 0 saturated carbocycles. The summed E-state index contributed by atoms with van der Waals surface area (Å²) in [6, 6.07) is 29.3. The van der Waals surface area contributed by atoms with Gasteiger partial charge in [-0.05, 0) is 62.0 Å². The van der Waals surface area contributed by atoms with E-state index in [-0.39, 0.29) is 18.0 Å². The summed E-state index contributed by atoms with van der Waals surface area (Å²) in [7, 11) is 0.366. The van der Waals surface area contributed by atoms with Crippen molar-refractivity contribution in [3.63, 3.8) is 0 Å². The molecule has 0 aliphatic carbocycles. The average Bonchev–Trinajstić information content (AvgIpc) is 3.23. The lowest BCUT2D eigenvalue weighted by Crippen LogP contribution is -2.08. The van der Waals surface area contributed by atoms with Crippen LogP contribution in [0.15, 0.2) is 109 Å². The number of benzene rings is 2. The normalized spacial score (nSPS) is 10.6. The van der Waals surface area contributed by atoms with Gasteiger partial charge in [-0.25, -0.2) is 0 Å². The van der Waals surface area contributed by atoms with E-state index in [0.29, 0.717) is 19.0 Å². The molecule has 2 heterocycles. The van der Waals surface area contributed by atoms with Crippen LogP contribution in [0.3, 0.4) is 0 Å². The molecule has 54 heavy (non-hydrogen) atoms. The molecule has 4 rings (SSSR count). The maximum absolute atomic E-state index is 11.8. The summed E-state index contributed by atoms with van der Waals surface area (Å²) in [6.45, 7) is 6.96. The fourth-order valence-electron chi connectivity index (χ4n) is 6.31. The van der Waals surface area contributed by atoms with E-state index < -0.39 is 0 Å². The van der Waals surface area contributed by atoms with Gasteiger partial charge < -0.3 is 0 Å². The zero-order valence-electron chi connectivity index (χ0n) is 34.1. The third-order valence-electron chi connectivity index (χ3n) is 9.59. The van der Waals surface area contributed by atoms with Crippen LogP contribution < -0.4 is 0 Å². The van der Waals surface area contributed by atoms with Gasteiger partial charge >= 0.3 is 0 Å². The fourth-order valence-corrected chi connectivity index (χ4v) is 8.99. The molecule has 0 aliphatic rings. The number of carbonyl (C=O) groups is 2. The maximum atomic E-state index is 11.8. The Labute approximate surface area is 331 Å². The fraction of sp³-hybridized carbons (Fsp3) is 0.510. The first-order valence-electron chi connectivity index (χ1n) is 21.3.